The number of hydrogen-bond donors (Lipinski definition) is 1. The summed E-state index contributed by atoms with van der Waals surface area (Å²) in [5.74, 6) is 0.323. The summed E-state index contributed by atoms with van der Waals surface area (Å²) in [5, 5.41) is 17.3. The van der Waals surface area contributed by atoms with E-state index in [1.54, 1.807) is 0 Å². The lowest BCUT2D eigenvalue weighted by atomic mass is 9.65. The topological polar surface area (TPSA) is 23.5 Å². The monoisotopic (exact) mass is 885 g/mol. The van der Waals surface area contributed by atoms with Crippen LogP contribution in [0.15, 0.2) is 237 Å². The van der Waals surface area contributed by atoms with Crippen molar-refractivity contribution in [3.8, 4) is 50.3 Å². The van der Waals surface area contributed by atoms with Crippen LogP contribution < -0.4 is 4.90 Å². The maximum Gasteiger partial charge on any atom is 0.128 e. The number of phenols is 1. The van der Waals surface area contributed by atoms with Crippen LogP contribution in [0, 0.1) is 13.8 Å². The SMILES string of the molecule is CCc1c(C2(c3ccc4ccc(C)cc4c3O)c3ccccc3-c3c(-c4cccc(N(c5ccc(-c6ccccc6)cc5)c5cccc(-c6ccccc6)c5)c4)cccc32)ccc2ccc(C)cc12. The molecule has 0 aromatic heterocycles. The number of nitrogens with zero attached hydrogens (tertiary/aromatic N) is 1. The fraction of sp³-hybridized carbons (Fsp3) is 0.0746. The molecule has 1 N–H and O–H groups in total. The normalized spacial score (nSPS) is 13.9. The van der Waals surface area contributed by atoms with Gasteiger partial charge in [0.15, 0.2) is 0 Å². The predicted octanol–water partition coefficient (Wildman–Crippen LogP) is 17.7. The molecule has 11 aromatic rings. The van der Waals surface area contributed by atoms with E-state index in [1.807, 2.05) is 0 Å². The second-order valence-corrected chi connectivity index (χ2v) is 18.6. The standard InChI is InChI=1S/C67H51NO/c1-4-56-59-40-44(2)28-30-49(59)34-38-62(56)67(64-39-35-50-31-29-45(3)41-60(50)66(64)69)61-26-12-11-24-58(61)65-57(25-15-27-63(65)67)52-21-14-23-55(43-52)68(53-36-32-48(33-37-53)46-16-7-5-8-17-46)54-22-13-20-51(42-54)47-18-9-6-10-19-47/h5-43,69H,4H2,1-3H3. The summed E-state index contributed by atoms with van der Waals surface area (Å²) in [7, 11) is 0. The maximum absolute atomic E-state index is 12.9. The first-order valence-electron chi connectivity index (χ1n) is 24.1. The van der Waals surface area contributed by atoms with Gasteiger partial charge in [-0.05, 0) is 146 Å². The Morgan fingerprint density at radius 3 is 1.58 bits per heavy atom. The van der Waals surface area contributed by atoms with Crippen molar-refractivity contribution in [2.45, 2.75) is 32.6 Å². The van der Waals surface area contributed by atoms with E-state index in [1.165, 1.54) is 66.4 Å². The highest BCUT2D eigenvalue weighted by Crippen LogP contribution is 2.61. The molecule has 1 aliphatic carbocycles. The molecule has 2 heteroatoms. The van der Waals surface area contributed by atoms with Crippen molar-refractivity contribution in [2.75, 3.05) is 4.90 Å². The molecule has 0 aliphatic heterocycles. The van der Waals surface area contributed by atoms with Gasteiger partial charge in [0.1, 0.15) is 5.75 Å². The number of aromatic hydroxyl groups is 1. The van der Waals surface area contributed by atoms with Crippen LogP contribution in [0.25, 0.3) is 66.1 Å². The Labute approximate surface area is 405 Å². The van der Waals surface area contributed by atoms with E-state index in [0.717, 1.165) is 62.1 Å². The first kappa shape index (κ1) is 41.9. The Morgan fingerprint density at radius 2 is 0.884 bits per heavy atom. The molecule has 0 saturated heterocycles. The minimum absolute atomic E-state index is 0.323. The number of aryl methyl sites for hydroxylation is 3. The second-order valence-electron chi connectivity index (χ2n) is 18.6. The van der Waals surface area contributed by atoms with Gasteiger partial charge in [0.05, 0.1) is 5.41 Å². The highest BCUT2D eigenvalue weighted by Gasteiger charge is 2.49. The van der Waals surface area contributed by atoms with Crippen molar-refractivity contribution < 1.29 is 5.11 Å². The smallest absolute Gasteiger partial charge is 0.128 e. The number of rotatable bonds is 9. The van der Waals surface area contributed by atoms with E-state index < -0.39 is 5.41 Å². The van der Waals surface area contributed by atoms with Crippen molar-refractivity contribution in [2.24, 2.45) is 0 Å². The third-order valence-corrected chi connectivity index (χ3v) is 14.5. The summed E-state index contributed by atoms with van der Waals surface area (Å²) in [4.78, 5) is 2.38. The number of benzene rings is 11. The molecule has 1 aliphatic rings. The lowest BCUT2D eigenvalue weighted by molar-refractivity contribution is 0.467. The first-order valence-corrected chi connectivity index (χ1v) is 24.1. The molecule has 0 amide bonds. The van der Waals surface area contributed by atoms with E-state index in [0.29, 0.717) is 5.75 Å². The van der Waals surface area contributed by atoms with Crippen LogP contribution in [0.1, 0.15) is 45.9 Å². The maximum atomic E-state index is 12.9. The molecule has 0 radical (unpaired) electrons. The molecular formula is C67H51NO. The fourth-order valence-electron chi connectivity index (χ4n) is 11.4. The van der Waals surface area contributed by atoms with Gasteiger partial charge in [-0.3, -0.25) is 0 Å². The molecule has 0 bridgehead atoms. The molecule has 0 fully saturated rings. The highest BCUT2D eigenvalue weighted by molar-refractivity contribution is 6.00. The Kier molecular flexibility index (Phi) is 10.3. The molecule has 12 rings (SSSR count). The van der Waals surface area contributed by atoms with Crippen LogP contribution in [0.2, 0.25) is 0 Å². The van der Waals surface area contributed by atoms with Crippen LogP contribution in [0.3, 0.4) is 0 Å². The zero-order valence-electron chi connectivity index (χ0n) is 39.1. The van der Waals surface area contributed by atoms with Gasteiger partial charge in [-0.15, -0.1) is 0 Å². The number of fused-ring (bicyclic) bond motifs is 5. The van der Waals surface area contributed by atoms with Gasteiger partial charge >= 0.3 is 0 Å². The molecule has 330 valence electrons. The lowest BCUT2D eigenvalue weighted by Crippen LogP contribution is -2.30. The summed E-state index contributed by atoms with van der Waals surface area (Å²) in [6, 6.07) is 86.0. The second kappa shape index (κ2) is 17.0. The molecule has 69 heavy (non-hydrogen) atoms. The Balaban J connectivity index is 1.10. The molecule has 1 atom stereocenters. The van der Waals surface area contributed by atoms with Gasteiger partial charge in [0.25, 0.3) is 0 Å². The van der Waals surface area contributed by atoms with Crippen LogP contribution in [-0.4, -0.2) is 5.11 Å². The van der Waals surface area contributed by atoms with Crippen LogP contribution in [0.5, 0.6) is 5.75 Å². The van der Waals surface area contributed by atoms with Crippen molar-refractivity contribution in [3.05, 3.63) is 276 Å². The molecule has 0 spiro atoms. The van der Waals surface area contributed by atoms with Gasteiger partial charge < -0.3 is 10.0 Å². The Morgan fingerprint density at radius 1 is 0.377 bits per heavy atom. The first-order chi connectivity index (χ1) is 33.9. The fourth-order valence-corrected chi connectivity index (χ4v) is 11.4. The third kappa shape index (κ3) is 6.94. The van der Waals surface area contributed by atoms with Gasteiger partial charge in [0.2, 0.25) is 0 Å². The average molecular weight is 886 g/mol. The Hall–Kier alpha value is -8.46. The van der Waals surface area contributed by atoms with E-state index in [9.17, 15) is 5.11 Å². The largest absolute Gasteiger partial charge is 0.507 e. The van der Waals surface area contributed by atoms with E-state index in [4.69, 9.17) is 0 Å². The van der Waals surface area contributed by atoms with Crippen LogP contribution >= 0.6 is 0 Å². The third-order valence-electron chi connectivity index (χ3n) is 14.5. The minimum Gasteiger partial charge on any atom is -0.507 e. The van der Waals surface area contributed by atoms with Crippen LogP contribution in [-0.2, 0) is 11.8 Å². The van der Waals surface area contributed by atoms with E-state index in [2.05, 4.69) is 262 Å². The summed E-state index contributed by atoms with van der Waals surface area (Å²) < 4.78 is 0. The van der Waals surface area contributed by atoms with Gasteiger partial charge in [-0.25, -0.2) is 0 Å². The molecular weight excluding hydrogens is 835 g/mol. The zero-order valence-corrected chi connectivity index (χ0v) is 39.1. The van der Waals surface area contributed by atoms with Crippen molar-refractivity contribution in [3.63, 3.8) is 0 Å². The number of hydrogen-bond acceptors (Lipinski definition) is 2. The van der Waals surface area contributed by atoms with Crippen LogP contribution in [0.4, 0.5) is 17.1 Å². The average Bonchev–Trinajstić information content (AvgIpc) is 3.70. The predicted molar refractivity (Wildman–Crippen MR) is 290 cm³/mol. The highest BCUT2D eigenvalue weighted by atomic mass is 16.3. The van der Waals surface area contributed by atoms with Crippen molar-refractivity contribution in [1.82, 2.24) is 0 Å². The Bertz CT molecular complexity index is 3740. The summed E-state index contributed by atoms with van der Waals surface area (Å²) >= 11 is 0. The molecule has 11 aromatic carbocycles. The summed E-state index contributed by atoms with van der Waals surface area (Å²) in [5.41, 5.74) is 19.7. The molecule has 2 nitrogen and oxygen atoms in total. The van der Waals surface area contributed by atoms with Gasteiger partial charge in [-0.1, -0.05) is 212 Å². The quantitative estimate of drug-likeness (QED) is 0.156. The van der Waals surface area contributed by atoms with Crippen molar-refractivity contribution in [1.29, 1.82) is 0 Å². The van der Waals surface area contributed by atoms with E-state index >= 15 is 0 Å². The lowest BCUT2D eigenvalue weighted by Gasteiger charge is -2.36. The molecule has 0 heterocycles. The van der Waals surface area contributed by atoms with Gasteiger partial charge in [-0.2, -0.15) is 0 Å². The number of phenolic OH excluding ortho intramolecular Hbond substituents is 1. The summed E-state index contributed by atoms with van der Waals surface area (Å²) in [6.45, 7) is 6.56. The zero-order chi connectivity index (χ0) is 46.6. The van der Waals surface area contributed by atoms with Gasteiger partial charge in [0, 0.05) is 28.0 Å². The molecule has 0 saturated carbocycles. The minimum atomic E-state index is -0.838. The van der Waals surface area contributed by atoms with Crippen molar-refractivity contribution >= 4 is 38.6 Å². The summed E-state index contributed by atoms with van der Waals surface area (Å²) in [6.07, 6.45) is 0.832. The molecule has 1 unspecified atom stereocenters. The number of anilines is 3. The van der Waals surface area contributed by atoms with E-state index in [-0.39, 0.29) is 0 Å².